The SMILES string of the molecule is C1COCCO1.[O]=[Zr]. The van der Waals surface area contributed by atoms with Crippen molar-refractivity contribution in [3.8, 4) is 0 Å². The molecule has 0 aromatic carbocycles. The van der Waals surface area contributed by atoms with Gasteiger partial charge in [0.2, 0.25) is 0 Å². The molecule has 4 heteroatoms. The monoisotopic (exact) mass is 194 g/mol. The third kappa shape index (κ3) is 4.75. The van der Waals surface area contributed by atoms with Gasteiger partial charge in [-0.3, -0.25) is 0 Å². The molecule has 0 amide bonds. The maximum atomic E-state index is 8.34. The normalized spacial score (nSPS) is 18.4. The van der Waals surface area contributed by atoms with E-state index in [0.717, 1.165) is 26.4 Å². The van der Waals surface area contributed by atoms with E-state index >= 15 is 0 Å². The number of hydrogen-bond acceptors (Lipinski definition) is 3. The number of ether oxygens (including phenoxy) is 2. The van der Waals surface area contributed by atoms with Crippen LogP contribution in [0.25, 0.3) is 0 Å². The summed E-state index contributed by atoms with van der Waals surface area (Å²) >= 11 is 0.300. The van der Waals surface area contributed by atoms with E-state index in [9.17, 15) is 0 Å². The van der Waals surface area contributed by atoms with Gasteiger partial charge in [-0.15, -0.1) is 0 Å². The van der Waals surface area contributed by atoms with Crippen LogP contribution in [0.1, 0.15) is 0 Å². The Bertz CT molecular complexity index is 35.0. The van der Waals surface area contributed by atoms with E-state index in [2.05, 4.69) is 0 Å². The van der Waals surface area contributed by atoms with Crippen LogP contribution in [0.15, 0.2) is 0 Å². The molecule has 1 fully saturated rings. The van der Waals surface area contributed by atoms with E-state index < -0.39 is 0 Å². The van der Waals surface area contributed by atoms with Crippen LogP contribution in [0, 0.1) is 0 Å². The standard InChI is InChI=1S/C4H8O2.O.Zr/c1-2-6-4-3-5-1;;/h1-4H2;;. The molecule has 1 heterocycles. The van der Waals surface area contributed by atoms with Crippen LogP contribution in [-0.2, 0) is 37.0 Å². The van der Waals surface area contributed by atoms with Gasteiger partial charge >= 0.3 is 27.5 Å². The summed E-state index contributed by atoms with van der Waals surface area (Å²) in [5, 5.41) is 0. The molecule has 1 aliphatic rings. The van der Waals surface area contributed by atoms with Crippen molar-refractivity contribution in [3.63, 3.8) is 0 Å². The minimum atomic E-state index is 0.300. The van der Waals surface area contributed by atoms with Gasteiger partial charge in [0.25, 0.3) is 0 Å². The molecular formula is C4H8O3Zr. The third-order valence-corrected chi connectivity index (χ3v) is 0.744. The van der Waals surface area contributed by atoms with Crippen molar-refractivity contribution in [2.75, 3.05) is 26.4 Å². The summed E-state index contributed by atoms with van der Waals surface area (Å²) in [6.07, 6.45) is 0. The molecule has 0 aromatic heterocycles. The fourth-order valence-corrected chi connectivity index (χ4v) is 0.440. The average Bonchev–Trinajstić information content (AvgIpc) is 1.96. The molecule has 0 saturated carbocycles. The Morgan fingerprint density at radius 1 is 0.875 bits per heavy atom. The van der Waals surface area contributed by atoms with Gasteiger partial charge in [-0.1, -0.05) is 0 Å². The Labute approximate surface area is 63.6 Å². The van der Waals surface area contributed by atoms with Crippen molar-refractivity contribution in [1.29, 1.82) is 0 Å². The van der Waals surface area contributed by atoms with Crippen LogP contribution in [0.3, 0.4) is 0 Å². The second kappa shape index (κ2) is 7.60. The fraction of sp³-hybridized carbons (Fsp3) is 1.00. The molecule has 46 valence electrons. The first-order valence-corrected chi connectivity index (χ1v) is 3.36. The van der Waals surface area contributed by atoms with Crippen molar-refractivity contribution in [2.45, 2.75) is 0 Å². The third-order valence-electron chi connectivity index (χ3n) is 0.744. The summed E-state index contributed by atoms with van der Waals surface area (Å²) < 4.78 is 18.2. The zero-order valence-electron chi connectivity index (χ0n) is 4.55. The molecule has 1 saturated heterocycles. The molecule has 0 atom stereocenters. The fourth-order valence-electron chi connectivity index (χ4n) is 0.440. The summed E-state index contributed by atoms with van der Waals surface area (Å²) in [4.78, 5) is 0. The molecule has 0 N–H and O–H groups in total. The predicted molar refractivity (Wildman–Crippen MR) is 22.3 cm³/mol. The molecule has 3 nitrogen and oxygen atoms in total. The summed E-state index contributed by atoms with van der Waals surface area (Å²) in [5.41, 5.74) is 0. The molecule has 0 spiro atoms. The van der Waals surface area contributed by atoms with Crippen LogP contribution in [0.5, 0.6) is 0 Å². The van der Waals surface area contributed by atoms with Crippen LogP contribution in [0.2, 0.25) is 0 Å². The van der Waals surface area contributed by atoms with Gasteiger partial charge in [-0.25, -0.2) is 0 Å². The van der Waals surface area contributed by atoms with E-state index in [-0.39, 0.29) is 0 Å². The maximum absolute atomic E-state index is 8.34. The first-order valence-electron chi connectivity index (χ1n) is 2.36. The van der Waals surface area contributed by atoms with Crippen molar-refractivity contribution < 1.29 is 37.0 Å². The van der Waals surface area contributed by atoms with E-state index in [1.54, 1.807) is 0 Å². The molecule has 0 radical (unpaired) electrons. The Morgan fingerprint density at radius 3 is 1.25 bits per heavy atom. The van der Waals surface area contributed by atoms with Gasteiger partial charge in [0.1, 0.15) is 0 Å². The summed E-state index contributed by atoms with van der Waals surface area (Å²) in [7, 11) is 0. The summed E-state index contributed by atoms with van der Waals surface area (Å²) in [5.74, 6) is 0. The van der Waals surface area contributed by atoms with Gasteiger partial charge in [-0.05, 0) is 0 Å². The number of hydrogen-bond donors (Lipinski definition) is 0. The van der Waals surface area contributed by atoms with Crippen molar-refractivity contribution >= 4 is 0 Å². The Hall–Kier alpha value is 0.603. The van der Waals surface area contributed by atoms with Crippen molar-refractivity contribution in [3.05, 3.63) is 0 Å². The van der Waals surface area contributed by atoms with Gasteiger partial charge in [0.15, 0.2) is 0 Å². The molecule has 1 rings (SSSR count). The molecule has 0 unspecified atom stereocenters. The van der Waals surface area contributed by atoms with Crippen LogP contribution in [0.4, 0.5) is 0 Å². The van der Waals surface area contributed by atoms with Gasteiger partial charge in [-0.2, -0.15) is 0 Å². The molecular weight excluding hydrogens is 187 g/mol. The van der Waals surface area contributed by atoms with Crippen LogP contribution >= 0.6 is 0 Å². The Kier molecular flexibility index (Phi) is 8.18. The zero-order valence-corrected chi connectivity index (χ0v) is 7.01. The second-order valence-electron chi connectivity index (χ2n) is 1.22. The van der Waals surface area contributed by atoms with E-state index in [4.69, 9.17) is 12.3 Å². The van der Waals surface area contributed by atoms with Crippen LogP contribution in [-0.4, -0.2) is 26.4 Å². The zero-order chi connectivity index (χ0) is 6.24. The van der Waals surface area contributed by atoms with E-state index in [1.807, 2.05) is 0 Å². The van der Waals surface area contributed by atoms with Crippen molar-refractivity contribution in [2.24, 2.45) is 0 Å². The topological polar surface area (TPSA) is 35.5 Å². The van der Waals surface area contributed by atoms with Gasteiger partial charge < -0.3 is 9.47 Å². The average molecular weight is 195 g/mol. The summed E-state index contributed by atoms with van der Waals surface area (Å²) in [6.45, 7) is 3.11. The molecule has 8 heavy (non-hydrogen) atoms. The minimum absolute atomic E-state index is 0.300. The first-order chi connectivity index (χ1) is 4.00. The van der Waals surface area contributed by atoms with E-state index in [0.29, 0.717) is 24.7 Å². The van der Waals surface area contributed by atoms with Gasteiger partial charge in [0.05, 0.1) is 26.4 Å². The Balaban J connectivity index is 0.000000222. The second-order valence-corrected chi connectivity index (χ2v) is 1.22. The van der Waals surface area contributed by atoms with Gasteiger partial charge in [0, 0.05) is 0 Å². The first kappa shape index (κ1) is 8.60. The van der Waals surface area contributed by atoms with Crippen LogP contribution < -0.4 is 0 Å². The molecule has 0 bridgehead atoms. The summed E-state index contributed by atoms with van der Waals surface area (Å²) in [6, 6.07) is 0. The van der Waals surface area contributed by atoms with E-state index in [1.165, 1.54) is 0 Å². The molecule has 0 aliphatic carbocycles. The molecule has 0 aromatic rings. The Morgan fingerprint density at radius 2 is 1.12 bits per heavy atom. The molecule has 1 aliphatic heterocycles. The predicted octanol–water partition coefficient (Wildman–Crippen LogP) is -0.0881. The number of rotatable bonds is 0. The quantitative estimate of drug-likeness (QED) is 0.542. The van der Waals surface area contributed by atoms with Crippen molar-refractivity contribution in [1.82, 2.24) is 0 Å².